The van der Waals surface area contributed by atoms with Crippen LogP contribution in [0.1, 0.15) is 29.5 Å². The Morgan fingerprint density at radius 3 is 2.47 bits per heavy atom. The fraction of sp³-hybridized carbons (Fsp3) is 0.435. The van der Waals surface area contributed by atoms with Crippen molar-refractivity contribution >= 4 is 29.9 Å². The Morgan fingerprint density at radius 1 is 1.07 bits per heavy atom. The summed E-state index contributed by atoms with van der Waals surface area (Å²) < 4.78 is 25.0. The second-order valence-corrected chi connectivity index (χ2v) is 7.13. The SMILES string of the molecule is CN=C(NCCc1ccccc1F)NCc1ccc(COC2CCOCC2)cc1.I. The molecule has 0 aromatic heterocycles. The Kier molecular flexibility index (Phi) is 11.1. The van der Waals surface area contributed by atoms with E-state index in [0.717, 1.165) is 31.6 Å². The predicted octanol–water partition coefficient (Wildman–Crippen LogP) is 4.05. The van der Waals surface area contributed by atoms with Gasteiger partial charge in [0.1, 0.15) is 5.82 Å². The zero-order valence-corrected chi connectivity index (χ0v) is 19.7. The summed E-state index contributed by atoms with van der Waals surface area (Å²) in [6.07, 6.45) is 2.87. The van der Waals surface area contributed by atoms with Gasteiger partial charge in [0.25, 0.3) is 0 Å². The maximum atomic E-state index is 13.7. The molecule has 7 heteroatoms. The summed E-state index contributed by atoms with van der Waals surface area (Å²) in [5.41, 5.74) is 3.04. The second kappa shape index (κ2) is 13.6. The lowest BCUT2D eigenvalue weighted by Gasteiger charge is -2.22. The van der Waals surface area contributed by atoms with Gasteiger partial charge in [0.15, 0.2) is 5.96 Å². The van der Waals surface area contributed by atoms with E-state index in [2.05, 4.69) is 39.9 Å². The Balaban J connectivity index is 0.00000320. The third-order valence-corrected chi connectivity index (χ3v) is 5.01. The van der Waals surface area contributed by atoms with Crippen LogP contribution in [0.5, 0.6) is 0 Å². The van der Waals surface area contributed by atoms with E-state index < -0.39 is 0 Å². The first kappa shape index (κ1) is 24.6. The summed E-state index contributed by atoms with van der Waals surface area (Å²) in [6, 6.07) is 15.3. The third-order valence-electron chi connectivity index (χ3n) is 5.01. The van der Waals surface area contributed by atoms with E-state index in [9.17, 15) is 4.39 Å². The molecular formula is C23H31FIN3O2. The highest BCUT2D eigenvalue weighted by Gasteiger charge is 2.13. The number of rotatable bonds is 8. The predicted molar refractivity (Wildman–Crippen MR) is 129 cm³/mol. The van der Waals surface area contributed by atoms with Gasteiger partial charge in [-0.1, -0.05) is 42.5 Å². The van der Waals surface area contributed by atoms with E-state index in [0.29, 0.717) is 43.7 Å². The maximum Gasteiger partial charge on any atom is 0.191 e. The van der Waals surface area contributed by atoms with Crippen molar-refractivity contribution in [3.63, 3.8) is 0 Å². The number of halogens is 2. The van der Waals surface area contributed by atoms with Gasteiger partial charge in [0, 0.05) is 33.4 Å². The van der Waals surface area contributed by atoms with Crippen LogP contribution in [0.2, 0.25) is 0 Å². The molecule has 2 aromatic rings. The number of benzene rings is 2. The number of hydrogen-bond donors (Lipinski definition) is 2. The normalized spacial score (nSPS) is 14.8. The van der Waals surface area contributed by atoms with Gasteiger partial charge >= 0.3 is 0 Å². The molecule has 1 heterocycles. The molecule has 2 N–H and O–H groups in total. The molecule has 3 rings (SSSR count). The minimum Gasteiger partial charge on any atom is -0.381 e. The quantitative estimate of drug-likeness (QED) is 0.309. The Hall–Kier alpha value is -1.71. The topological polar surface area (TPSA) is 54.9 Å². The number of aliphatic imine (C=N–C) groups is 1. The van der Waals surface area contributed by atoms with Crippen LogP contribution in [0, 0.1) is 5.82 Å². The number of guanidine groups is 1. The van der Waals surface area contributed by atoms with Crippen molar-refractivity contribution in [2.24, 2.45) is 4.99 Å². The van der Waals surface area contributed by atoms with E-state index >= 15 is 0 Å². The Labute approximate surface area is 195 Å². The molecule has 0 amide bonds. The average Bonchev–Trinajstić information content (AvgIpc) is 2.77. The highest BCUT2D eigenvalue weighted by Crippen LogP contribution is 2.14. The Bertz CT molecular complexity index is 780. The molecule has 1 fully saturated rings. The van der Waals surface area contributed by atoms with Gasteiger partial charge in [-0.2, -0.15) is 0 Å². The Morgan fingerprint density at radius 2 is 1.77 bits per heavy atom. The van der Waals surface area contributed by atoms with Crippen molar-refractivity contribution in [3.8, 4) is 0 Å². The third kappa shape index (κ3) is 8.20. The largest absolute Gasteiger partial charge is 0.381 e. The monoisotopic (exact) mass is 527 g/mol. The molecule has 1 aliphatic heterocycles. The van der Waals surface area contributed by atoms with Crippen molar-refractivity contribution in [3.05, 3.63) is 71.0 Å². The van der Waals surface area contributed by atoms with E-state index in [-0.39, 0.29) is 29.8 Å². The summed E-state index contributed by atoms with van der Waals surface area (Å²) in [6.45, 7) is 3.51. The van der Waals surface area contributed by atoms with Gasteiger partial charge < -0.3 is 20.1 Å². The van der Waals surface area contributed by atoms with Crippen molar-refractivity contribution in [2.75, 3.05) is 26.8 Å². The number of nitrogens with zero attached hydrogens (tertiary/aromatic N) is 1. The summed E-state index contributed by atoms with van der Waals surface area (Å²) in [4.78, 5) is 4.23. The van der Waals surface area contributed by atoms with Gasteiger partial charge in [-0.25, -0.2) is 4.39 Å². The molecule has 1 aliphatic rings. The lowest BCUT2D eigenvalue weighted by molar-refractivity contribution is -0.0390. The summed E-state index contributed by atoms with van der Waals surface area (Å²) in [5, 5.41) is 6.52. The molecule has 1 saturated heterocycles. The molecule has 0 saturated carbocycles. The van der Waals surface area contributed by atoms with Gasteiger partial charge in [0.05, 0.1) is 12.7 Å². The molecule has 30 heavy (non-hydrogen) atoms. The van der Waals surface area contributed by atoms with E-state index in [1.54, 1.807) is 19.2 Å². The first-order valence-corrected chi connectivity index (χ1v) is 10.2. The average molecular weight is 527 g/mol. The lowest BCUT2D eigenvalue weighted by Crippen LogP contribution is -2.37. The minimum atomic E-state index is -0.168. The van der Waals surface area contributed by atoms with Crippen LogP contribution in [0.3, 0.4) is 0 Å². The van der Waals surface area contributed by atoms with Gasteiger partial charge in [-0.05, 0) is 42.0 Å². The van der Waals surface area contributed by atoms with Crippen molar-refractivity contribution in [1.82, 2.24) is 10.6 Å². The van der Waals surface area contributed by atoms with Crippen LogP contribution in [0.25, 0.3) is 0 Å². The fourth-order valence-electron chi connectivity index (χ4n) is 3.23. The van der Waals surface area contributed by atoms with E-state index in [4.69, 9.17) is 9.47 Å². The summed E-state index contributed by atoms with van der Waals surface area (Å²) >= 11 is 0. The standard InChI is InChI=1S/C23H30FN3O2.HI/c1-25-23(26-13-10-20-4-2-3-5-22(20)24)27-16-18-6-8-19(9-7-18)17-29-21-11-14-28-15-12-21;/h2-9,21H,10-17H2,1H3,(H2,25,26,27);1H. The van der Waals surface area contributed by atoms with E-state index in [1.807, 2.05) is 6.07 Å². The number of nitrogens with one attached hydrogen (secondary N) is 2. The summed E-state index contributed by atoms with van der Waals surface area (Å²) in [5.74, 6) is 0.534. The molecule has 0 spiro atoms. The highest BCUT2D eigenvalue weighted by molar-refractivity contribution is 14.0. The lowest BCUT2D eigenvalue weighted by atomic mass is 10.1. The zero-order valence-electron chi connectivity index (χ0n) is 17.4. The molecule has 2 aromatic carbocycles. The smallest absolute Gasteiger partial charge is 0.191 e. The van der Waals surface area contributed by atoms with Gasteiger partial charge in [0.2, 0.25) is 0 Å². The zero-order chi connectivity index (χ0) is 20.3. The first-order chi connectivity index (χ1) is 14.2. The molecule has 0 bridgehead atoms. The van der Waals surface area contributed by atoms with Crippen LogP contribution < -0.4 is 10.6 Å². The highest BCUT2D eigenvalue weighted by atomic mass is 127. The molecule has 0 atom stereocenters. The second-order valence-electron chi connectivity index (χ2n) is 7.13. The molecule has 164 valence electrons. The van der Waals surface area contributed by atoms with Crippen LogP contribution in [0.4, 0.5) is 4.39 Å². The van der Waals surface area contributed by atoms with Crippen LogP contribution in [0.15, 0.2) is 53.5 Å². The molecular weight excluding hydrogens is 496 g/mol. The maximum absolute atomic E-state index is 13.7. The van der Waals surface area contributed by atoms with Crippen LogP contribution in [-0.4, -0.2) is 38.9 Å². The first-order valence-electron chi connectivity index (χ1n) is 10.2. The van der Waals surface area contributed by atoms with Crippen molar-refractivity contribution in [1.29, 1.82) is 0 Å². The van der Waals surface area contributed by atoms with E-state index in [1.165, 1.54) is 11.6 Å². The molecule has 0 unspecified atom stereocenters. The van der Waals surface area contributed by atoms with Gasteiger partial charge in [-0.15, -0.1) is 24.0 Å². The van der Waals surface area contributed by atoms with Crippen molar-refractivity contribution in [2.45, 2.75) is 38.5 Å². The summed E-state index contributed by atoms with van der Waals surface area (Å²) in [7, 11) is 1.73. The molecule has 5 nitrogen and oxygen atoms in total. The molecule has 0 radical (unpaired) electrons. The number of ether oxygens (including phenoxy) is 2. The van der Waals surface area contributed by atoms with Gasteiger partial charge in [-0.3, -0.25) is 4.99 Å². The fourth-order valence-corrected chi connectivity index (χ4v) is 3.23. The van der Waals surface area contributed by atoms with Crippen molar-refractivity contribution < 1.29 is 13.9 Å². The molecule has 0 aliphatic carbocycles. The van der Waals surface area contributed by atoms with Crippen LogP contribution in [-0.2, 0) is 29.0 Å². The van der Waals surface area contributed by atoms with Crippen LogP contribution >= 0.6 is 24.0 Å². The minimum absolute atomic E-state index is 0. The number of hydrogen-bond acceptors (Lipinski definition) is 3.